The van der Waals surface area contributed by atoms with Gasteiger partial charge in [-0.05, 0) is 6.42 Å². The van der Waals surface area contributed by atoms with Crippen molar-refractivity contribution in [1.82, 2.24) is 10.2 Å². The number of anilines is 1. The zero-order valence-corrected chi connectivity index (χ0v) is 10.3. The van der Waals surface area contributed by atoms with Crippen LogP contribution in [0.2, 0.25) is 0 Å². The van der Waals surface area contributed by atoms with Crippen LogP contribution in [0.25, 0.3) is 0 Å². The second-order valence-electron chi connectivity index (χ2n) is 2.50. The highest BCUT2D eigenvalue weighted by atomic mass is 35.6. The molecule has 0 spiro atoms. The maximum absolute atomic E-state index is 9.45. The summed E-state index contributed by atoms with van der Waals surface area (Å²) in [5.41, 5.74) is 0. The van der Waals surface area contributed by atoms with Crippen molar-refractivity contribution in [2.45, 2.75) is 17.1 Å². The van der Waals surface area contributed by atoms with Crippen LogP contribution >= 0.6 is 46.1 Å². The lowest BCUT2D eigenvalue weighted by atomic mass is 10.5. The monoisotopic (exact) mass is 275 g/mol. The van der Waals surface area contributed by atoms with Gasteiger partial charge in [-0.1, -0.05) is 53.1 Å². The van der Waals surface area contributed by atoms with E-state index in [2.05, 4.69) is 10.2 Å². The predicted octanol–water partition coefficient (Wildman–Crippen LogP) is 2.67. The minimum atomic E-state index is -1.53. The molecular weight excluding hydrogens is 269 g/mol. The smallest absolute Gasteiger partial charge is 0.232 e. The van der Waals surface area contributed by atoms with E-state index < -0.39 is 3.79 Å². The van der Waals surface area contributed by atoms with Gasteiger partial charge in [-0.2, -0.15) is 0 Å². The average Bonchev–Trinajstić information content (AvgIpc) is 2.48. The van der Waals surface area contributed by atoms with E-state index in [1.807, 2.05) is 6.92 Å². The molecule has 8 heteroatoms. The first-order chi connectivity index (χ1) is 6.42. The lowest BCUT2D eigenvalue weighted by Gasteiger charge is -2.17. The van der Waals surface area contributed by atoms with Crippen molar-refractivity contribution in [3.05, 3.63) is 5.01 Å². The zero-order valence-electron chi connectivity index (χ0n) is 7.25. The van der Waals surface area contributed by atoms with Crippen molar-refractivity contribution in [2.75, 3.05) is 11.6 Å². The van der Waals surface area contributed by atoms with Crippen molar-refractivity contribution >= 4 is 51.3 Å². The maximum Gasteiger partial charge on any atom is 0.232 e. The number of nitrogens with zero attached hydrogens (tertiary/aromatic N) is 3. The van der Waals surface area contributed by atoms with Gasteiger partial charge in [-0.3, -0.25) is 5.21 Å². The van der Waals surface area contributed by atoms with E-state index in [0.29, 0.717) is 5.13 Å². The Balaban J connectivity index is 2.65. The van der Waals surface area contributed by atoms with Crippen molar-refractivity contribution in [3.63, 3.8) is 0 Å². The van der Waals surface area contributed by atoms with Gasteiger partial charge in [0, 0.05) is 0 Å². The predicted molar refractivity (Wildman–Crippen MR) is 58.7 cm³/mol. The molecule has 0 aliphatic rings. The Morgan fingerprint density at radius 3 is 2.50 bits per heavy atom. The van der Waals surface area contributed by atoms with Crippen molar-refractivity contribution in [3.8, 4) is 0 Å². The highest BCUT2D eigenvalue weighted by molar-refractivity contribution is 7.15. The summed E-state index contributed by atoms with van der Waals surface area (Å²) in [5, 5.41) is 18.9. The normalized spacial score (nSPS) is 11.8. The van der Waals surface area contributed by atoms with Crippen molar-refractivity contribution < 1.29 is 5.21 Å². The summed E-state index contributed by atoms with van der Waals surface area (Å²) in [6.07, 6.45) is 0.763. The van der Waals surface area contributed by atoms with Crippen molar-refractivity contribution in [1.29, 1.82) is 0 Å². The maximum atomic E-state index is 9.45. The van der Waals surface area contributed by atoms with Gasteiger partial charge in [0.15, 0.2) is 0 Å². The summed E-state index contributed by atoms with van der Waals surface area (Å²) >= 11 is 17.8. The third kappa shape index (κ3) is 3.74. The molecule has 0 bridgehead atoms. The third-order valence-electron chi connectivity index (χ3n) is 1.31. The second-order valence-corrected chi connectivity index (χ2v) is 6.06. The van der Waals surface area contributed by atoms with Crippen LogP contribution in [0.1, 0.15) is 11.9 Å². The zero-order chi connectivity index (χ0) is 10.8. The SMILES string of the molecule is CCc1nnc(N(O)CC(Cl)(Cl)Cl)s1. The summed E-state index contributed by atoms with van der Waals surface area (Å²) in [4.78, 5) is 0. The molecule has 0 saturated carbocycles. The summed E-state index contributed by atoms with van der Waals surface area (Å²) in [7, 11) is 0. The molecule has 1 aromatic heterocycles. The molecule has 0 saturated heterocycles. The minimum absolute atomic E-state index is 0.143. The van der Waals surface area contributed by atoms with Gasteiger partial charge in [0.2, 0.25) is 8.92 Å². The molecule has 4 nitrogen and oxygen atoms in total. The molecule has 0 radical (unpaired) electrons. The van der Waals surface area contributed by atoms with Crippen LogP contribution in [0.15, 0.2) is 0 Å². The topological polar surface area (TPSA) is 49.2 Å². The van der Waals surface area contributed by atoms with Gasteiger partial charge in [0.05, 0.1) is 6.54 Å². The fraction of sp³-hybridized carbons (Fsp3) is 0.667. The molecule has 1 heterocycles. The summed E-state index contributed by atoms with van der Waals surface area (Å²) in [6.45, 7) is 1.80. The van der Waals surface area contributed by atoms with Gasteiger partial charge < -0.3 is 0 Å². The van der Waals surface area contributed by atoms with E-state index in [-0.39, 0.29) is 6.54 Å². The van der Waals surface area contributed by atoms with Crippen LogP contribution < -0.4 is 5.06 Å². The lowest BCUT2D eigenvalue weighted by Crippen LogP contribution is -2.29. The Labute approximate surface area is 100 Å². The number of halogens is 3. The largest absolute Gasteiger partial charge is 0.286 e. The van der Waals surface area contributed by atoms with Gasteiger partial charge in [-0.15, -0.1) is 10.2 Å². The number of alkyl halides is 3. The Kier molecular flexibility index (Phi) is 4.21. The number of hydroxylamine groups is 1. The standard InChI is InChI=1S/C6H8Cl3N3OS/c1-2-4-10-11-5(14-4)12(13)3-6(7,8)9/h13H,2-3H2,1H3. The number of aryl methyl sites for hydroxylation is 1. The number of rotatable bonds is 3. The molecule has 0 fully saturated rings. The molecule has 0 aliphatic carbocycles. The van der Waals surface area contributed by atoms with Crippen LogP contribution in [0.5, 0.6) is 0 Å². The van der Waals surface area contributed by atoms with Crippen LogP contribution in [0.3, 0.4) is 0 Å². The van der Waals surface area contributed by atoms with Crippen LogP contribution in [-0.2, 0) is 6.42 Å². The molecule has 1 N–H and O–H groups in total. The molecule has 14 heavy (non-hydrogen) atoms. The van der Waals surface area contributed by atoms with Gasteiger partial charge in [-0.25, -0.2) is 5.06 Å². The van der Waals surface area contributed by atoms with E-state index in [0.717, 1.165) is 16.5 Å². The average molecular weight is 277 g/mol. The molecule has 0 amide bonds. The van der Waals surface area contributed by atoms with E-state index in [1.165, 1.54) is 11.3 Å². The first-order valence-corrected chi connectivity index (χ1v) is 5.73. The van der Waals surface area contributed by atoms with Gasteiger partial charge in [0.25, 0.3) is 0 Å². The van der Waals surface area contributed by atoms with Gasteiger partial charge >= 0.3 is 0 Å². The molecular formula is C6H8Cl3N3OS. The fourth-order valence-corrected chi connectivity index (χ4v) is 1.76. The Morgan fingerprint density at radius 2 is 2.07 bits per heavy atom. The number of aromatic nitrogens is 2. The quantitative estimate of drug-likeness (QED) is 0.681. The molecule has 0 unspecified atom stereocenters. The first-order valence-electron chi connectivity index (χ1n) is 3.78. The summed E-state index contributed by atoms with van der Waals surface area (Å²) < 4.78 is -1.53. The lowest BCUT2D eigenvalue weighted by molar-refractivity contribution is 0.255. The Morgan fingerprint density at radius 1 is 1.43 bits per heavy atom. The van der Waals surface area contributed by atoms with Crippen molar-refractivity contribution in [2.24, 2.45) is 0 Å². The van der Waals surface area contributed by atoms with Crippen LogP contribution in [-0.4, -0.2) is 25.7 Å². The minimum Gasteiger partial charge on any atom is -0.286 e. The molecule has 1 aromatic rings. The van der Waals surface area contributed by atoms with E-state index in [4.69, 9.17) is 34.8 Å². The van der Waals surface area contributed by atoms with E-state index >= 15 is 0 Å². The summed E-state index contributed by atoms with van der Waals surface area (Å²) in [5.74, 6) is 0. The second kappa shape index (κ2) is 4.81. The molecule has 1 rings (SSSR count). The Bertz CT molecular complexity index is 301. The highest BCUT2D eigenvalue weighted by Gasteiger charge is 2.25. The number of hydrogen-bond acceptors (Lipinski definition) is 5. The summed E-state index contributed by atoms with van der Waals surface area (Å²) in [6, 6.07) is 0. The number of hydrogen-bond donors (Lipinski definition) is 1. The van der Waals surface area contributed by atoms with Gasteiger partial charge in [0.1, 0.15) is 5.01 Å². The fourth-order valence-electron chi connectivity index (χ4n) is 0.729. The molecule has 80 valence electrons. The third-order valence-corrected chi connectivity index (χ3v) is 2.75. The first kappa shape index (κ1) is 12.3. The molecule has 0 aromatic carbocycles. The van der Waals surface area contributed by atoms with E-state index in [9.17, 15) is 5.21 Å². The highest BCUT2D eigenvalue weighted by Crippen LogP contribution is 2.29. The molecule has 0 atom stereocenters. The Hall–Kier alpha value is 0.190. The molecule has 0 aliphatic heterocycles. The van der Waals surface area contributed by atoms with Crippen LogP contribution in [0.4, 0.5) is 5.13 Å². The van der Waals surface area contributed by atoms with Crippen LogP contribution in [0, 0.1) is 0 Å². The van der Waals surface area contributed by atoms with E-state index in [1.54, 1.807) is 0 Å².